The lowest BCUT2D eigenvalue weighted by Crippen LogP contribution is -2.36. The summed E-state index contributed by atoms with van der Waals surface area (Å²) in [5, 5.41) is 11.3. The quantitative estimate of drug-likeness (QED) is 0.256. The second-order valence-corrected chi connectivity index (χ2v) is 9.13. The molecule has 1 unspecified atom stereocenters. The molecule has 1 saturated heterocycles. The van der Waals surface area contributed by atoms with Crippen LogP contribution < -0.4 is 26.0 Å². The number of benzene rings is 2. The maximum atomic E-state index is 12.6. The number of alkyl carbamates (subject to hydrolysis) is 1. The second kappa shape index (κ2) is 14.0. The van der Waals surface area contributed by atoms with E-state index in [2.05, 4.69) is 26.3 Å². The molecule has 0 bridgehead atoms. The van der Waals surface area contributed by atoms with Gasteiger partial charge in [-0.1, -0.05) is 19.1 Å². The Kier molecular flexibility index (Phi) is 9.94. The van der Waals surface area contributed by atoms with Crippen molar-refractivity contribution in [2.45, 2.75) is 44.9 Å². The molecule has 40 heavy (non-hydrogen) atoms. The van der Waals surface area contributed by atoms with Crippen LogP contribution in [0.25, 0.3) is 11.3 Å². The van der Waals surface area contributed by atoms with Crippen molar-refractivity contribution in [2.24, 2.45) is 0 Å². The molecule has 2 atom stereocenters. The third-order valence-corrected chi connectivity index (χ3v) is 6.26. The zero-order valence-electron chi connectivity index (χ0n) is 22.4. The molecule has 3 amide bonds. The number of hydrogen-bond donors (Lipinski definition) is 4. The van der Waals surface area contributed by atoms with Gasteiger partial charge in [0.15, 0.2) is 12.2 Å². The monoisotopic (exact) mass is 551 g/mol. The first kappa shape index (κ1) is 28.4. The van der Waals surface area contributed by atoms with Gasteiger partial charge >= 0.3 is 18.1 Å². The number of esters is 1. The van der Waals surface area contributed by atoms with Gasteiger partial charge in [-0.3, -0.25) is 4.79 Å². The number of hydrogen-bond acceptors (Lipinski definition) is 9. The van der Waals surface area contributed by atoms with Crippen LogP contribution >= 0.6 is 0 Å². The number of anilines is 2. The van der Waals surface area contributed by atoms with Crippen LogP contribution in [0.3, 0.4) is 0 Å². The Labute approximate surface area is 231 Å². The number of ether oxygens (including phenoxy) is 3. The Bertz CT molecular complexity index is 1290. The minimum atomic E-state index is -0.624. The van der Waals surface area contributed by atoms with Crippen molar-refractivity contribution in [3.05, 3.63) is 60.6 Å². The predicted octanol–water partition coefficient (Wildman–Crippen LogP) is 4.29. The highest BCUT2D eigenvalue weighted by molar-refractivity contribution is 6.00. The molecule has 0 radical (unpaired) electrons. The molecule has 2 heterocycles. The van der Waals surface area contributed by atoms with Crippen LogP contribution in [0, 0.1) is 0 Å². The van der Waals surface area contributed by atoms with E-state index < -0.39 is 18.2 Å². The molecule has 212 valence electrons. The fourth-order valence-corrected chi connectivity index (χ4v) is 4.14. The third kappa shape index (κ3) is 7.96. The van der Waals surface area contributed by atoms with Crippen molar-refractivity contribution in [3.63, 3.8) is 0 Å². The molecule has 2 aromatic carbocycles. The first-order chi connectivity index (χ1) is 19.4. The van der Waals surface area contributed by atoms with Gasteiger partial charge in [-0.05, 0) is 55.6 Å². The van der Waals surface area contributed by atoms with Crippen molar-refractivity contribution < 1.29 is 33.0 Å². The molecule has 1 fully saturated rings. The van der Waals surface area contributed by atoms with E-state index in [0.717, 1.165) is 24.9 Å². The number of amides is 3. The topological polar surface area (TPSA) is 153 Å². The molecule has 0 saturated carbocycles. The van der Waals surface area contributed by atoms with Gasteiger partial charge < -0.3 is 39.9 Å². The molecule has 12 heteroatoms. The summed E-state index contributed by atoms with van der Waals surface area (Å²) in [5.74, 6) is 0.743. The molecule has 0 aliphatic carbocycles. The maximum Gasteiger partial charge on any atom is 0.407 e. The molecular weight excluding hydrogens is 518 g/mol. The van der Waals surface area contributed by atoms with Crippen LogP contribution in [0.4, 0.5) is 21.0 Å². The number of carbonyl (C=O) groups excluding carboxylic acids is 3. The van der Waals surface area contributed by atoms with Gasteiger partial charge in [0.1, 0.15) is 24.5 Å². The molecule has 4 N–H and O–H groups in total. The van der Waals surface area contributed by atoms with E-state index in [9.17, 15) is 14.4 Å². The van der Waals surface area contributed by atoms with Crippen LogP contribution in [0.2, 0.25) is 0 Å². The minimum Gasteiger partial charge on any atom is -0.496 e. The Hall–Kier alpha value is -4.58. The van der Waals surface area contributed by atoms with E-state index in [0.29, 0.717) is 34.9 Å². The lowest BCUT2D eigenvalue weighted by molar-refractivity contribution is -0.148. The van der Waals surface area contributed by atoms with Crippen molar-refractivity contribution in [3.8, 4) is 17.1 Å². The zero-order chi connectivity index (χ0) is 28.3. The molecule has 12 nitrogen and oxygen atoms in total. The largest absolute Gasteiger partial charge is 0.496 e. The summed E-state index contributed by atoms with van der Waals surface area (Å²) in [6.45, 7) is 2.83. The van der Waals surface area contributed by atoms with Gasteiger partial charge in [-0.25, -0.2) is 14.6 Å². The lowest BCUT2D eigenvalue weighted by atomic mass is 10.1. The second-order valence-electron chi connectivity index (χ2n) is 9.13. The smallest absolute Gasteiger partial charge is 0.407 e. The summed E-state index contributed by atoms with van der Waals surface area (Å²) in [5.41, 5.74) is 2.51. The average Bonchev–Trinajstić information content (AvgIpc) is 3.69. The summed E-state index contributed by atoms with van der Waals surface area (Å²) in [4.78, 5) is 40.9. The highest BCUT2D eigenvalue weighted by Crippen LogP contribution is 2.32. The minimum absolute atomic E-state index is 0.00408. The van der Waals surface area contributed by atoms with Crippen LogP contribution in [-0.2, 0) is 20.8 Å². The van der Waals surface area contributed by atoms with Gasteiger partial charge in [0, 0.05) is 24.0 Å². The third-order valence-electron chi connectivity index (χ3n) is 6.26. The molecule has 3 aromatic rings. The number of nitrogens with zero attached hydrogens (tertiary/aromatic N) is 1. The summed E-state index contributed by atoms with van der Waals surface area (Å²) in [7, 11) is 1.53. The number of nitrogens with one attached hydrogen (secondary N) is 4. The van der Waals surface area contributed by atoms with Crippen molar-refractivity contribution in [2.75, 3.05) is 30.9 Å². The molecule has 1 aliphatic rings. The number of aromatic nitrogens is 1. The summed E-state index contributed by atoms with van der Waals surface area (Å²) < 4.78 is 21.4. The van der Waals surface area contributed by atoms with Crippen LogP contribution in [0.15, 0.2) is 59.5 Å². The first-order valence-corrected chi connectivity index (χ1v) is 13.0. The summed E-state index contributed by atoms with van der Waals surface area (Å²) in [6.07, 6.45) is 3.92. The number of rotatable bonds is 11. The van der Waals surface area contributed by atoms with Gasteiger partial charge in [-0.2, -0.15) is 0 Å². The Balaban J connectivity index is 1.24. The molecule has 4 rings (SSSR count). The van der Waals surface area contributed by atoms with E-state index in [1.807, 2.05) is 13.0 Å². The standard InChI is InChI=1S/C28H33N5O7/c1-3-21(16-38-26(34)23-8-5-11-30-23)40-28(36)31-14-18-6-4-7-19(12-18)32-27(35)33-20-9-10-22(24(13-20)37-2)25-15-29-17-39-25/h4,6-7,9-10,12-13,15,17,21,23,30H,3,5,8,11,14,16H2,1-2H3,(H,31,36)(H2,32,33,35)/t21?,23-/m1/s1. The van der Waals surface area contributed by atoms with Gasteiger partial charge in [0.25, 0.3) is 0 Å². The van der Waals surface area contributed by atoms with Crippen molar-refractivity contribution >= 4 is 29.5 Å². The number of carbonyl (C=O) groups is 3. The lowest BCUT2D eigenvalue weighted by Gasteiger charge is -2.18. The fourth-order valence-electron chi connectivity index (χ4n) is 4.14. The highest BCUT2D eigenvalue weighted by Gasteiger charge is 2.25. The Morgan fingerprint density at radius 1 is 1.15 bits per heavy atom. The summed E-state index contributed by atoms with van der Waals surface area (Å²) in [6, 6.07) is 11.5. The zero-order valence-corrected chi connectivity index (χ0v) is 22.4. The normalized spacial score (nSPS) is 15.1. The molecule has 0 spiro atoms. The molecule has 1 aliphatic heterocycles. The first-order valence-electron chi connectivity index (χ1n) is 13.0. The highest BCUT2D eigenvalue weighted by atomic mass is 16.6. The van der Waals surface area contributed by atoms with E-state index in [1.165, 1.54) is 13.5 Å². The average molecular weight is 552 g/mol. The summed E-state index contributed by atoms with van der Waals surface area (Å²) >= 11 is 0. The predicted molar refractivity (Wildman–Crippen MR) is 147 cm³/mol. The van der Waals surface area contributed by atoms with E-state index in [4.69, 9.17) is 18.6 Å². The SMILES string of the molecule is CCC(COC(=O)[C@H]1CCCN1)OC(=O)NCc1cccc(NC(=O)Nc2ccc(-c3cnco3)c(OC)c2)c1. The van der Waals surface area contributed by atoms with Crippen molar-refractivity contribution in [1.29, 1.82) is 0 Å². The van der Waals surface area contributed by atoms with Gasteiger partial charge in [0.2, 0.25) is 0 Å². The maximum absolute atomic E-state index is 12.6. The van der Waals surface area contributed by atoms with Crippen molar-refractivity contribution in [1.82, 2.24) is 15.6 Å². The van der Waals surface area contributed by atoms with Crippen LogP contribution in [0.1, 0.15) is 31.7 Å². The Morgan fingerprint density at radius 2 is 1.98 bits per heavy atom. The van der Waals surface area contributed by atoms with Crippen LogP contribution in [0.5, 0.6) is 5.75 Å². The number of oxazole rings is 1. The fraction of sp³-hybridized carbons (Fsp3) is 0.357. The van der Waals surface area contributed by atoms with E-state index in [-0.39, 0.29) is 25.2 Å². The van der Waals surface area contributed by atoms with E-state index in [1.54, 1.807) is 42.6 Å². The van der Waals surface area contributed by atoms with Crippen LogP contribution in [-0.4, -0.2) is 55.5 Å². The van der Waals surface area contributed by atoms with Gasteiger partial charge in [0.05, 0.1) is 18.9 Å². The van der Waals surface area contributed by atoms with E-state index >= 15 is 0 Å². The molecular formula is C28H33N5O7. The van der Waals surface area contributed by atoms with Gasteiger partial charge in [-0.15, -0.1) is 0 Å². The number of urea groups is 1. The number of methoxy groups -OCH3 is 1. The molecule has 1 aromatic heterocycles. The Morgan fingerprint density at radius 3 is 2.67 bits per heavy atom.